The molecule has 1 aliphatic heterocycles. The first-order valence-corrected chi connectivity index (χ1v) is 9.74. The minimum atomic E-state index is -4.93. The van der Waals surface area contributed by atoms with E-state index in [0.29, 0.717) is 36.4 Å². The summed E-state index contributed by atoms with van der Waals surface area (Å²) >= 11 is 0. The Balaban J connectivity index is 1.67. The number of alkyl halides is 3. The molecule has 162 valence electrons. The number of ether oxygens (including phenoxy) is 3. The lowest BCUT2D eigenvalue weighted by atomic mass is 10.1. The standard InChI is InChI=1S/C22H18F3NO5/c1-28-13-3-2-4-14(9-13)30-20-18(27)15-7-8-17-16(10-26(11-29-17)12-5-6-12)19(15)31-21(20)22(23,24)25/h2-4,7-9,12H,5-6,10-11H2,1H3. The third kappa shape index (κ3) is 3.59. The number of benzene rings is 2. The smallest absolute Gasteiger partial charge is 0.453 e. The first-order valence-electron chi connectivity index (χ1n) is 9.74. The third-order valence-corrected chi connectivity index (χ3v) is 5.41. The van der Waals surface area contributed by atoms with Gasteiger partial charge in [-0.05, 0) is 37.1 Å². The Morgan fingerprint density at radius 2 is 1.90 bits per heavy atom. The van der Waals surface area contributed by atoms with Gasteiger partial charge in [0.15, 0.2) is 0 Å². The molecule has 0 bridgehead atoms. The number of hydrogen-bond acceptors (Lipinski definition) is 6. The minimum absolute atomic E-state index is 0.00546. The van der Waals surface area contributed by atoms with Gasteiger partial charge in [0.1, 0.15) is 29.6 Å². The quantitative estimate of drug-likeness (QED) is 0.582. The van der Waals surface area contributed by atoms with Gasteiger partial charge < -0.3 is 18.6 Å². The molecule has 1 fully saturated rings. The molecule has 1 aromatic heterocycles. The zero-order valence-electron chi connectivity index (χ0n) is 16.5. The number of nitrogens with zero attached hydrogens (tertiary/aromatic N) is 1. The van der Waals surface area contributed by atoms with Gasteiger partial charge in [-0.25, -0.2) is 0 Å². The molecule has 0 spiro atoms. The van der Waals surface area contributed by atoms with Crippen molar-refractivity contribution in [2.45, 2.75) is 31.6 Å². The predicted octanol–water partition coefficient (Wildman–Crippen LogP) is 4.93. The first kappa shape index (κ1) is 19.7. The molecule has 0 N–H and O–H groups in total. The molecule has 2 aromatic carbocycles. The molecule has 5 rings (SSSR count). The molecular formula is C22H18F3NO5. The zero-order valence-corrected chi connectivity index (χ0v) is 16.5. The molecule has 2 aliphatic rings. The van der Waals surface area contributed by atoms with Crippen LogP contribution in [0.3, 0.4) is 0 Å². The fourth-order valence-corrected chi connectivity index (χ4v) is 3.70. The van der Waals surface area contributed by atoms with Crippen LogP contribution in [0.1, 0.15) is 24.2 Å². The summed E-state index contributed by atoms with van der Waals surface area (Å²) in [5.41, 5.74) is -0.591. The van der Waals surface area contributed by atoms with Crippen LogP contribution in [0.5, 0.6) is 23.0 Å². The fourth-order valence-electron chi connectivity index (χ4n) is 3.70. The Hall–Kier alpha value is -3.20. The summed E-state index contributed by atoms with van der Waals surface area (Å²) < 4.78 is 63.1. The predicted molar refractivity (Wildman–Crippen MR) is 105 cm³/mol. The molecule has 0 amide bonds. The van der Waals surface area contributed by atoms with E-state index in [0.717, 1.165) is 12.8 Å². The molecule has 9 heteroatoms. The Kier molecular flexibility index (Phi) is 4.58. The normalized spacial score (nSPS) is 16.6. The largest absolute Gasteiger partial charge is 0.497 e. The Morgan fingerprint density at radius 3 is 2.61 bits per heavy atom. The summed E-state index contributed by atoms with van der Waals surface area (Å²) in [6.07, 6.45) is -2.91. The minimum Gasteiger partial charge on any atom is -0.497 e. The molecule has 31 heavy (non-hydrogen) atoms. The van der Waals surface area contributed by atoms with Crippen molar-refractivity contribution in [3.63, 3.8) is 0 Å². The lowest BCUT2D eigenvalue weighted by molar-refractivity contribution is -0.154. The second-order valence-corrected chi connectivity index (χ2v) is 7.54. The summed E-state index contributed by atoms with van der Waals surface area (Å²) in [7, 11) is 1.42. The van der Waals surface area contributed by atoms with Gasteiger partial charge in [0.05, 0.1) is 18.1 Å². The van der Waals surface area contributed by atoms with Gasteiger partial charge in [0, 0.05) is 18.7 Å². The van der Waals surface area contributed by atoms with E-state index in [1.165, 1.54) is 25.3 Å². The Bertz CT molecular complexity index is 1220. The van der Waals surface area contributed by atoms with Crippen molar-refractivity contribution in [3.8, 4) is 23.0 Å². The van der Waals surface area contributed by atoms with Crippen molar-refractivity contribution in [2.24, 2.45) is 0 Å². The molecule has 1 saturated carbocycles. The maximum absolute atomic E-state index is 13.9. The van der Waals surface area contributed by atoms with Crippen LogP contribution in [-0.2, 0) is 12.7 Å². The van der Waals surface area contributed by atoms with Crippen LogP contribution in [0.15, 0.2) is 45.6 Å². The van der Waals surface area contributed by atoms with E-state index in [2.05, 4.69) is 0 Å². The highest BCUT2D eigenvalue weighted by Gasteiger charge is 2.41. The summed E-state index contributed by atoms with van der Waals surface area (Å²) in [5.74, 6) is -1.57. The molecule has 0 atom stereocenters. The number of fused-ring (bicyclic) bond motifs is 3. The summed E-state index contributed by atoms with van der Waals surface area (Å²) in [6.45, 7) is 0.713. The zero-order chi connectivity index (χ0) is 21.8. The first-order chi connectivity index (χ1) is 14.8. The fraction of sp³-hybridized carbons (Fsp3) is 0.318. The van der Waals surface area contributed by atoms with Crippen LogP contribution in [-0.4, -0.2) is 24.8 Å². The summed E-state index contributed by atoms with van der Waals surface area (Å²) in [4.78, 5) is 15.1. The van der Waals surface area contributed by atoms with Crippen LogP contribution < -0.4 is 19.6 Å². The van der Waals surface area contributed by atoms with Gasteiger partial charge in [-0.3, -0.25) is 9.69 Å². The number of halogens is 3. The van der Waals surface area contributed by atoms with Gasteiger partial charge in [-0.15, -0.1) is 0 Å². The Labute approximate surface area is 174 Å². The average molecular weight is 433 g/mol. The van der Waals surface area contributed by atoms with Crippen LogP contribution in [0, 0.1) is 0 Å². The number of rotatable bonds is 4. The van der Waals surface area contributed by atoms with E-state index < -0.39 is 23.1 Å². The van der Waals surface area contributed by atoms with E-state index >= 15 is 0 Å². The molecule has 6 nitrogen and oxygen atoms in total. The summed E-state index contributed by atoms with van der Waals surface area (Å²) in [5, 5.41) is 0.00546. The van der Waals surface area contributed by atoms with Crippen LogP contribution in [0.25, 0.3) is 11.0 Å². The molecule has 0 unspecified atom stereocenters. The maximum atomic E-state index is 13.9. The maximum Gasteiger partial charge on any atom is 0.453 e. The molecule has 0 saturated heterocycles. The van der Waals surface area contributed by atoms with Crippen molar-refractivity contribution < 1.29 is 31.8 Å². The summed E-state index contributed by atoms with van der Waals surface area (Å²) in [6, 6.07) is 9.31. The average Bonchev–Trinajstić information content (AvgIpc) is 3.59. The molecule has 2 heterocycles. The third-order valence-electron chi connectivity index (χ3n) is 5.41. The van der Waals surface area contributed by atoms with Gasteiger partial charge in [-0.1, -0.05) is 6.07 Å². The number of methoxy groups -OCH3 is 1. The highest BCUT2D eigenvalue weighted by molar-refractivity contribution is 5.84. The van der Waals surface area contributed by atoms with Gasteiger partial charge in [0.25, 0.3) is 5.76 Å². The van der Waals surface area contributed by atoms with Crippen LogP contribution >= 0.6 is 0 Å². The lowest BCUT2D eigenvalue weighted by Gasteiger charge is -2.29. The molecule has 1 aliphatic carbocycles. The Morgan fingerprint density at radius 1 is 1.13 bits per heavy atom. The van der Waals surface area contributed by atoms with E-state index in [1.54, 1.807) is 18.2 Å². The highest BCUT2D eigenvalue weighted by Crippen LogP contribution is 2.42. The lowest BCUT2D eigenvalue weighted by Crippen LogP contribution is -2.34. The molecule has 3 aromatic rings. The molecule has 0 radical (unpaired) electrons. The monoisotopic (exact) mass is 433 g/mol. The van der Waals surface area contributed by atoms with E-state index in [9.17, 15) is 18.0 Å². The van der Waals surface area contributed by atoms with Gasteiger partial charge in [-0.2, -0.15) is 13.2 Å². The van der Waals surface area contributed by atoms with E-state index in [-0.39, 0.29) is 16.7 Å². The van der Waals surface area contributed by atoms with Crippen molar-refractivity contribution >= 4 is 11.0 Å². The van der Waals surface area contributed by atoms with Gasteiger partial charge >= 0.3 is 6.18 Å². The van der Waals surface area contributed by atoms with Crippen LogP contribution in [0.2, 0.25) is 0 Å². The van der Waals surface area contributed by atoms with Crippen molar-refractivity contribution in [2.75, 3.05) is 13.8 Å². The molecular weight excluding hydrogens is 415 g/mol. The van der Waals surface area contributed by atoms with E-state index in [4.69, 9.17) is 18.6 Å². The van der Waals surface area contributed by atoms with Gasteiger partial charge in [0.2, 0.25) is 11.2 Å². The van der Waals surface area contributed by atoms with Crippen molar-refractivity contribution in [1.29, 1.82) is 0 Å². The van der Waals surface area contributed by atoms with Crippen molar-refractivity contribution in [1.82, 2.24) is 4.90 Å². The number of hydrogen-bond donors (Lipinski definition) is 0. The van der Waals surface area contributed by atoms with Crippen molar-refractivity contribution in [3.05, 3.63) is 57.9 Å². The van der Waals surface area contributed by atoms with Crippen LogP contribution in [0.4, 0.5) is 13.2 Å². The second-order valence-electron chi connectivity index (χ2n) is 7.54. The second kappa shape index (κ2) is 7.19. The topological polar surface area (TPSA) is 61.1 Å². The SMILES string of the molecule is COc1cccc(Oc2c(C(F)(F)F)oc3c4c(ccc3c2=O)OCN(C2CC2)C4)c1. The van der Waals surface area contributed by atoms with E-state index in [1.807, 2.05) is 4.90 Å². The highest BCUT2D eigenvalue weighted by atomic mass is 19.4.